The summed E-state index contributed by atoms with van der Waals surface area (Å²) in [5, 5.41) is 39.1. The van der Waals surface area contributed by atoms with Gasteiger partial charge in [0.2, 0.25) is 0 Å². The van der Waals surface area contributed by atoms with Crippen LogP contribution in [0.1, 0.15) is 55.4 Å². The summed E-state index contributed by atoms with van der Waals surface area (Å²) in [6.45, 7) is 16.7. The lowest BCUT2D eigenvalue weighted by Gasteiger charge is -2.51. The van der Waals surface area contributed by atoms with Crippen molar-refractivity contribution in [3.8, 4) is 0 Å². The Morgan fingerprint density at radius 3 is 0.750 bits per heavy atom. The molecule has 0 atom stereocenters. The molecule has 146 valence electrons. The first-order chi connectivity index (χ1) is 10.7. The number of aliphatic hydroxyl groups is 4. The Morgan fingerprint density at radius 2 is 0.625 bits per heavy atom. The smallest absolute Gasteiger partial charge is 0.0610 e. The Kier molecular flexibility index (Phi) is 8.34. The van der Waals surface area contributed by atoms with E-state index >= 15 is 0 Å². The van der Waals surface area contributed by atoms with Crippen molar-refractivity contribution < 1.29 is 20.4 Å². The molecule has 6 heteroatoms. The van der Waals surface area contributed by atoms with Gasteiger partial charge in [0.25, 0.3) is 0 Å². The third kappa shape index (κ3) is 5.64. The van der Waals surface area contributed by atoms with Gasteiger partial charge in [-0.3, -0.25) is 9.80 Å². The fraction of sp³-hybridized carbons (Fsp3) is 1.00. The second-order valence-electron chi connectivity index (χ2n) is 9.19. The Balaban J connectivity index is 5.56. The maximum absolute atomic E-state index is 9.78. The third-order valence-electron chi connectivity index (χ3n) is 5.02. The summed E-state index contributed by atoms with van der Waals surface area (Å²) in [5.74, 6) is 0. The SMILES string of the molecule is CC(C)(CO)N(CCN(C(C)(C)CO)C(C)(C)CO)C(C)(C)CO. The van der Waals surface area contributed by atoms with Crippen LogP contribution >= 0.6 is 0 Å². The first-order valence-corrected chi connectivity index (χ1v) is 8.71. The topological polar surface area (TPSA) is 87.4 Å². The minimum atomic E-state index is -0.495. The summed E-state index contributed by atoms with van der Waals surface area (Å²) in [6, 6.07) is 0. The molecule has 0 aliphatic rings. The van der Waals surface area contributed by atoms with Gasteiger partial charge in [0.15, 0.2) is 0 Å². The Bertz CT molecular complexity index is 313. The van der Waals surface area contributed by atoms with Gasteiger partial charge in [-0.2, -0.15) is 0 Å². The zero-order chi connectivity index (χ0) is 19.4. The second-order valence-corrected chi connectivity index (χ2v) is 9.19. The Labute approximate surface area is 148 Å². The van der Waals surface area contributed by atoms with Crippen molar-refractivity contribution in [2.75, 3.05) is 39.5 Å². The molecule has 0 saturated carbocycles. The van der Waals surface area contributed by atoms with Gasteiger partial charge in [-0.05, 0) is 55.4 Å². The van der Waals surface area contributed by atoms with Gasteiger partial charge >= 0.3 is 0 Å². The van der Waals surface area contributed by atoms with Crippen molar-refractivity contribution in [3.63, 3.8) is 0 Å². The molecule has 0 rings (SSSR count). The molecule has 0 saturated heterocycles. The molecule has 0 spiro atoms. The second kappa shape index (κ2) is 8.43. The molecule has 0 heterocycles. The first kappa shape index (κ1) is 23.8. The van der Waals surface area contributed by atoms with E-state index < -0.39 is 22.2 Å². The first-order valence-electron chi connectivity index (χ1n) is 8.71. The van der Waals surface area contributed by atoms with Gasteiger partial charge in [-0.15, -0.1) is 0 Å². The molecule has 6 nitrogen and oxygen atoms in total. The summed E-state index contributed by atoms with van der Waals surface area (Å²) >= 11 is 0. The predicted molar refractivity (Wildman–Crippen MR) is 98.1 cm³/mol. The standard InChI is InChI=1S/C18H40N2O4/c1-15(2,11-21)19(16(3,4)12-22)9-10-20(17(5,6)13-23)18(7,8)14-24/h21-24H,9-14H2,1-8H3. The number of nitrogens with zero attached hydrogens (tertiary/aromatic N) is 2. The van der Waals surface area contributed by atoms with Gasteiger partial charge in [-0.25, -0.2) is 0 Å². The van der Waals surface area contributed by atoms with E-state index in [1.807, 2.05) is 55.4 Å². The van der Waals surface area contributed by atoms with Gasteiger partial charge in [0.1, 0.15) is 0 Å². The van der Waals surface area contributed by atoms with Crippen molar-refractivity contribution >= 4 is 0 Å². The van der Waals surface area contributed by atoms with Crippen LogP contribution in [-0.2, 0) is 0 Å². The minimum Gasteiger partial charge on any atom is -0.394 e. The Morgan fingerprint density at radius 1 is 0.458 bits per heavy atom. The average Bonchev–Trinajstić information content (AvgIpc) is 2.50. The number of aliphatic hydroxyl groups excluding tert-OH is 4. The van der Waals surface area contributed by atoms with E-state index in [1.54, 1.807) is 0 Å². The highest BCUT2D eigenvalue weighted by atomic mass is 16.3. The van der Waals surface area contributed by atoms with Crippen molar-refractivity contribution in [1.82, 2.24) is 9.80 Å². The lowest BCUT2D eigenvalue weighted by Crippen LogP contribution is -2.64. The van der Waals surface area contributed by atoms with E-state index in [4.69, 9.17) is 0 Å². The molecular weight excluding hydrogens is 308 g/mol. The lowest BCUT2D eigenvalue weighted by molar-refractivity contribution is -0.0783. The van der Waals surface area contributed by atoms with Gasteiger partial charge in [-0.1, -0.05) is 0 Å². The molecule has 0 aromatic carbocycles. The maximum atomic E-state index is 9.78. The van der Waals surface area contributed by atoms with Crippen molar-refractivity contribution in [3.05, 3.63) is 0 Å². The summed E-state index contributed by atoms with van der Waals surface area (Å²) in [7, 11) is 0. The van der Waals surface area contributed by atoms with Crippen LogP contribution in [0.2, 0.25) is 0 Å². The van der Waals surface area contributed by atoms with E-state index in [9.17, 15) is 20.4 Å². The molecule has 0 radical (unpaired) electrons. The number of hydrogen-bond donors (Lipinski definition) is 4. The van der Waals surface area contributed by atoms with Crippen LogP contribution in [0.3, 0.4) is 0 Å². The number of hydrogen-bond acceptors (Lipinski definition) is 6. The zero-order valence-corrected chi connectivity index (χ0v) is 16.9. The Hall–Kier alpha value is -0.240. The summed E-state index contributed by atoms with van der Waals surface area (Å²) < 4.78 is 0. The molecule has 0 aromatic heterocycles. The van der Waals surface area contributed by atoms with Crippen LogP contribution in [0.5, 0.6) is 0 Å². The van der Waals surface area contributed by atoms with Crippen LogP contribution in [0.25, 0.3) is 0 Å². The molecule has 0 aliphatic carbocycles. The molecule has 4 N–H and O–H groups in total. The third-order valence-corrected chi connectivity index (χ3v) is 5.02. The largest absolute Gasteiger partial charge is 0.394 e. The summed E-state index contributed by atoms with van der Waals surface area (Å²) in [4.78, 5) is 4.18. The van der Waals surface area contributed by atoms with Crippen molar-refractivity contribution in [2.24, 2.45) is 0 Å². The normalized spacial score (nSPS) is 14.8. The van der Waals surface area contributed by atoms with E-state index in [1.165, 1.54) is 0 Å². The van der Waals surface area contributed by atoms with Gasteiger partial charge < -0.3 is 20.4 Å². The van der Waals surface area contributed by atoms with Crippen LogP contribution < -0.4 is 0 Å². The lowest BCUT2D eigenvalue weighted by atomic mass is 9.91. The monoisotopic (exact) mass is 348 g/mol. The molecule has 0 aromatic rings. The molecule has 0 amide bonds. The van der Waals surface area contributed by atoms with Crippen LogP contribution in [0, 0.1) is 0 Å². The summed E-state index contributed by atoms with van der Waals surface area (Å²) in [6.07, 6.45) is 0. The maximum Gasteiger partial charge on any atom is 0.0610 e. The molecular formula is C18H40N2O4. The van der Waals surface area contributed by atoms with Gasteiger partial charge in [0.05, 0.1) is 26.4 Å². The minimum absolute atomic E-state index is 0.0246. The van der Waals surface area contributed by atoms with Crippen molar-refractivity contribution in [1.29, 1.82) is 0 Å². The highest BCUT2D eigenvalue weighted by molar-refractivity contribution is 4.96. The predicted octanol–water partition coefficient (Wildman–Crippen LogP) is 0.674. The summed E-state index contributed by atoms with van der Waals surface area (Å²) in [5.41, 5.74) is -1.98. The average molecular weight is 349 g/mol. The highest BCUT2D eigenvalue weighted by Crippen LogP contribution is 2.28. The van der Waals surface area contributed by atoms with E-state index in [0.29, 0.717) is 13.1 Å². The fourth-order valence-corrected chi connectivity index (χ4v) is 3.39. The molecule has 24 heavy (non-hydrogen) atoms. The van der Waals surface area contributed by atoms with Crippen LogP contribution in [-0.4, -0.2) is 91.9 Å². The van der Waals surface area contributed by atoms with Crippen LogP contribution in [0.4, 0.5) is 0 Å². The fourth-order valence-electron chi connectivity index (χ4n) is 3.39. The number of rotatable bonds is 11. The highest BCUT2D eigenvalue weighted by Gasteiger charge is 2.41. The zero-order valence-electron chi connectivity index (χ0n) is 16.9. The van der Waals surface area contributed by atoms with E-state index in [0.717, 1.165) is 0 Å². The van der Waals surface area contributed by atoms with Crippen LogP contribution in [0.15, 0.2) is 0 Å². The quantitative estimate of drug-likeness (QED) is 0.439. The van der Waals surface area contributed by atoms with E-state index in [2.05, 4.69) is 9.80 Å². The van der Waals surface area contributed by atoms with Gasteiger partial charge in [0, 0.05) is 35.2 Å². The molecule has 0 aliphatic heterocycles. The van der Waals surface area contributed by atoms with E-state index in [-0.39, 0.29) is 26.4 Å². The molecule has 0 unspecified atom stereocenters. The molecule has 0 bridgehead atoms. The molecule has 0 fully saturated rings. The van der Waals surface area contributed by atoms with Crippen molar-refractivity contribution in [2.45, 2.75) is 77.5 Å².